The Kier molecular flexibility index (Phi) is 6.16. The van der Waals surface area contributed by atoms with Crippen LogP contribution in [0.4, 0.5) is 0 Å². The maximum Gasteiger partial charge on any atom is 0.325 e. The van der Waals surface area contributed by atoms with Gasteiger partial charge in [-0.2, -0.15) is 0 Å². The third-order valence-corrected chi connectivity index (χ3v) is 4.40. The van der Waals surface area contributed by atoms with Crippen LogP contribution in [0.25, 0.3) is 0 Å². The van der Waals surface area contributed by atoms with E-state index in [-0.39, 0.29) is 17.7 Å². The van der Waals surface area contributed by atoms with Crippen LogP contribution in [0.3, 0.4) is 0 Å². The van der Waals surface area contributed by atoms with Gasteiger partial charge in [0.2, 0.25) is 11.8 Å². The van der Waals surface area contributed by atoms with Crippen molar-refractivity contribution in [3.63, 3.8) is 0 Å². The highest BCUT2D eigenvalue weighted by Crippen LogP contribution is 2.22. The first-order chi connectivity index (χ1) is 14.4. The molecule has 2 aromatic rings. The number of esters is 1. The van der Waals surface area contributed by atoms with Gasteiger partial charge < -0.3 is 15.4 Å². The van der Waals surface area contributed by atoms with Gasteiger partial charge in [0.05, 0.1) is 18.2 Å². The SMILES string of the molecule is COC(=O)CNC(=O)[C@@H](NC(=O)CN1C(=O)c2ccccc2C1=O)c1cccnc1. The van der Waals surface area contributed by atoms with E-state index in [2.05, 4.69) is 20.4 Å². The molecule has 2 heterocycles. The van der Waals surface area contributed by atoms with Crippen LogP contribution in [0.5, 0.6) is 0 Å². The van der Waals surface area contributed by atoms with Gasteiger partial charge in [0.15, 0.2) is 0 Å². The molecule has 3 rings (SSSR count). The maximum atomic E-state index is 12.6. The van der Waals surface area contributed by atoms with Crippen molar-refractivity contribution in [2.75, 3.05) is 20.2 Å². The molecule has 2 N–H and O–H groups in total. The molecule has 0 unspecified atom stereocenters. The first kappa shape index (κ1) is 20.6. The average molecular weight is 410 g/mol. The Labute approximate surface area is 171 Å². The van der Waals surface area contributed by atoms with Crippen molar-refractivity contribution in [3.8, 4) is 0 Å². The standard InChI is InChI=1S/C20H18N4O6/c1-30-16(26)10-22-18(27)17(12-5-4-8-21-9-12)23-15(25)11-24-19(28)13-6-2-3-7-14(13)20(24)29/h2-9,17H,10-11H2,1H3,(H,22,27)(H,23,25)/t17-/m0/s1. The lowest BCUT2D eigenvalue weighted by Crippen LogP contribution is -2.46. The highest BCUT2D eigenvalue weighted by atomic mass is 16.5. The van der Waals surface area contributed by atoms with Crippen molar-refractivity contribution >= 4 is 29.6 Å². The number of nitrogens with one attached hydrogen (secondary N) is 2. The van der Waals surface area contributed by atoms with E-state index in [1.807, 2.05) is 0 Å². The molecule has 0 spiro atoms. The molecule has 1 aliphatic heterocycles. The zero-order chi connectivity index (χ0) is 21.7. The lowest BCUT2D eigenvalue weighted by Gasteiger charge is -2.20. The van der Waals surface area contributed by atoms with E-state index in [1.165, 1.54) is 31.6 Å². The van der Waals surface area contributed by atoms with Crippen LogP contribution in [0.15, 0.2) is 48.8 Å². The van der Waals surface area contributed by atoms with Crippen LogP contribution in [-0.2, 0) is 19.1 Å². The summed E-state index contributed by atoms with van der Waals surface area (Å²) in [5.41, 5.74) is 0.792. The second-order valence-electron chi connectivity index (χ2n) is 6.32. The van der Waals surface area contributed by atoms with Crippen molar-refractivity contribution in [2.24, 2.45) is 0 Å². The second-order valence-corrected chi connectivity index (χ2v) is 6.32. The third kappa shape index (κ3) is 4.32. The summed E-state index contributed by atoms with van der Waals surface area (Å²) in [4.78, 5) is 66.0. The molecule has 1 atom stereocenters. The van der Waals surface area contributed by atoms with Gasteiger partial charge in [-0.1, -0.05) is 18.2 Å². The van der Waals surface area contributed by atoms with Crippen LogP contribution in [0.2, 0.25) is 0 Å². The topological polar surface area (TPSA) is 135 Å². The number of amides is 4. The third-order valence-electron chi connectivity index (χ3n) is 4.40. The van der Waals surface area contributed by atoms with Gasteiger partial charge in [-0.3, -0.25) is 33.9 Å². The number of rotatable bonds is 7. The van der Waals surface area contributed by atoms with Crippen LogP contribution in [0, 0.1) is 0 Å². The summed E-state index contributed by atoms with van der Waals surface area (Å²) in [6, 6.07) is 8.21. The van der Waals surface area contributed by atoms with E-state index in [9.17, 15) is 24.0 Å². The first-order valence-corrected chi connectivity index (χ1v) is 8.91. The monoisotopic (exact) mass is 410 g/mol. The summed E-state index contributed by atoms with van der Waals surface area (Å²) >= 11 is 0. The normalized spacial score (nSPS) is 13.4. The number of fused-ring (bicyclic) bond motifs is 1. The molecule has 0 fully saturated rings. The van der Waals surface area contributed by atoms with Gasteiger partial charge in [0.1, 0.15) is 19.1 Å². The molecule has 4 amide bonds. The number of hydrogen-bond acceptors (Lipinski definition) is 7. The minimum Gasteiger partial charge on any atom is -0.468 e. The Morgan fingerprint density at radius 3 is 2.30 bits per heavy atom. The molecule has 1 aromatic carbocycles. The van der Waals surface area contributed by atoms with Crippen LogP contribution < -0.4 is 10.6 Å². The highest BCUT2D eigenvalue weighted by Gasteiger charge is 2.37. The van der Waals surface area contributed by atoms with E-state index < -0.39 is 42.2 Å². The fraction of sp³-hybridized carbons (Fsp3) is 0.200. The number of benzene rings is 1. The zero-order valence-corrected chi connectivity index (χ0v) is 16.0. The van der Waals surface area contributed by atoms with Crippen molar-refractivity contribution in [2.45, 2.75) is 6.04 Å². The van der Waals surface area contributed by atoms with Crippen molar-refractivity contribution in [1.82, 2.24) is 20.5 Å². The molecule has 1 aliphatic rings. The van der Waals surface area contributed by atoms with E-state index in [0.717, 1.165) is 4.90 Å². The summed E-state index contributed by atoms with van der Waals surface area (Å²) < 4.78 is 4.48. The predicted molar refractivity (Wildman–Crippen MR) is 102 cm³/mol. The molecule has 0 saturated heterocycles. The molecule has 0 bridgehead atoms. The largest absolute Gasteiger partial charge is 0.468 e. The Hall–Kier alpha value is -4.08. The van der Waals surface area contributed by atoms with Crippen LogP contribution in [0.1, 0.15) is 32.3 Å². The first-order valence-electron chi connectivity index (χ1n) is 8.91. The zero-order valence-electron chi connectivity index (χ0n) is 16.0. The summed E-state index contributed by atoms with van der Waals surface area (Å²) in [6.07, 6.45) is 2.87. The maximum absolute atomic E-state index is 12.6. The Balaban J connectivity index is 1.72. The van der Waals surface area contributed by atoms with Crippen LogP contribution >= 0.6 is 0 Å². The lowest BCUT2D eigenvalue weighted by molar-refractivity contribution is -0.141. The van der Waals surface area contributed by atoms with Gasteiger partial charge in [-0.15, -0.1) is 0 Å². The van der Waals surface area contributed by atoms with Gasteiger partial charge in [-0.05, 0) is 18.2 Å². The van der Waals surface area contributed by atoms with E-state index in [4.69, 9.17) is 0 Å². The summed E-state index contributed by atoms with van der Waals surface area (Å²) in [5, 5.41) is 4.84. The quantitative estimate of drug-likeness (QED) is 0.478. The summed E-state index contributed by atoms with van der Waals surface area (Å²) in [6.45, 7) is -0.951. The molecule has 10 nitrogen and oxygen atoms in total. The number of pyridine rings is 1. The Morgan fingerprint density at radius 1 is 1.07 bits per heavy atom. The highest BCUT2D eigenvalue weighted by molar-refractivity contribution is 6.22. The number of carbonyl (C=O) groups is 5. The van der Waals surface area contributed by atoms with Crippen molar-refractivity contribution in [1.29, 1.82) is 0 Å². The number of hydrogen-bond donors (Lipinski definition) is 2. The number of ether oxygens (including phenoxy) is 1. The Morgan fingerprint density at radius 2 is 1.73 bits per heavy atom. The average Bonchev–Trinajstić information content (AvgIpc) is 3.01. The molecule has 30 heavy (non-hydrogen) atoms. The van der Waals surface area contributed by atoms with E-state index >= 15 is 0 Å². The van der Waals surface area contributed by atoms with E-state index in [0.29, 0.717) is 5.56 Å². The molecule has 0 aliphatic carbocycles. The van der Waals surface area contributed by atoms with Crippen molar-refractivity contribution < 1.29 is 28.7 Å². The molecule has 1 aromatic heterocycles. The molecular formula is C20H18N4O6. The fourth-order valence-electron chi connectivity index (χ4n) is 2.91. The smallest absolute Gasteiger partial charge is 0.325 e. The minimum atomic E-state index is -1.19. The summed E-state index contributed by atoms with van der Waals surface area (Å²) in [7, 11) is 1.18. The number of methoxy groups -OCH3 is 1. The van der Waals surface area contributed by atoms with Crippen molar-refractivity contribution in [3.05, 3.63) is 65.5 Å². The number of imide groups is 1. The molecule has 0 saturated carbocycles. The summed E-state index contributed by atoms with van der Waals surface area (Å²) in [5.74, 6) is -3.24. The minimum absolute atomic E-state index is 0.218. The van der Waals surface area contributed by atoms with E-state index in [1.54, 1.807) is 24.3 Å². The fourth-order valence-corrected chi connectivity index (χ4v) is 2.91. The molecule has 154 valence electrons. The lowest BCUT2D eigenvalue weighted by atomic mass is 10.1. The number of nitrogens with zero attached hydrogens (tertiary/aromatic N) is 2. The number of aromatic nitrogens is 1. The molecule has 10 heteroatoms. The van der Waals surface area contributed by atoms with Gasteiger partial charge >= 0.3 is 5.97 Å². The molecular weight excluding hydrogens is 392 g/mol. The number of carbonyl (C=O) groups excluding carboxylic acids is 5. The Bertz CT molecular complexity index is 972. The van der Waals surface area contributed by atoms with Gasteiger partial charge in [0, 0.05) is 18.0 Å². The molecule has 0 radical (unpaired) electrons. The van der Waals surface area contributed by atoms with Gasteiger partial charge in [-0.25, -0.2) is 0 Å². The second kappa shape index (κ2) is 8.95. The van der Waals surface area contributed by atoms with Gasteiger partial charge in [0.25, 0.3) is 11.8 Å². The van der Waals surface area contributed by atoms with Crippen LogP contribution in [-0.4, -0.2) is 59.7 Å². The predicted octanol–water partition coefficient (Wildman–Crippen LogP) is -0.176.